The van der Waals surface area contributed by atoms with E-state index >= 15 is 0 Å². The summed E-state index contributed by atoms with van der Waals surface area (Å²) in [4.78, 5) is 2.31. The molecule has 2 bridgehead atoms. The van der Waals surface area contributed by atoms with Crippen molar-refractivity contribution in [2.75, 3.05) is 13.1 Å². The van der Waals surface area contributed by atoms with Crippen LogP contribution in [-0.2, 0) is 11.8 Å². The molecule has 1 aromatic rings. The Bertz CT molecular complexity index is 740. The number of rotatable bonds is 2. The zero-order valence-electron chi connectivity index (χ0n) is 14.0. The molecule has 2 aliphatic carbocycles. The van der Waals surface area contributed by atoms with Crippen LogP contribution in [0.1, 0.15) is 30.4 Å². The highest BCUT2D eigenvalue weighted by molar-refractivity contribution is 5.85. The average molecular weight is 366 g/mol. The number of phenolic OH excluding ortho intramolecular Hbond substituents is 1. The Morgan fingerprint density at radius 2 is 2.16 bits per heavy atom. The minimum absolute atomic E-state index is 0. The van der Waals surface area contributed by atoms with Gasteiger partial charge in [-0.05, 0) is 43.9 Å². The van der Waals surface area contributed by atoms with E-state index in [-0.39, 0.29) is 24.2 Å². The number of phenols is 1. The monoisotopic (exact) mass is 365 g/mol. The second-order valence-electron chi connectivity index (χ2n) is 7.74. The third kappa shape index (κ3) is 1.80. The van der Waals surface area contributed by atoms with Crippen molar-refractivity contribution in [3.05, 3.63) is 35.9 Å². The third-order valence-corrected chi connectivity index (χ3v) is 6.91. The van der Waals surface area contributed by atoms with Gasteiger partial charge in [-0.15, -0.1) is 19.0 Å². The summed E-state index contributed by atoms with van der Waals surface area (Å²) in [6.07, 6.45) is 3.33. The van der Waals surface area contributed by atoms with Crippen molar-refractivity contribution < 1.29 is 20.1 Å². The number of hydrogen-bond acceptors (Lipinski definition) is 5. The van der Waals surface area contributed by atoms with Crippen LogP contribution in [0.15, 0.2) is 24.8 Å². The van der Waals surface area contributed by atoms with E-state index in [1.807, 2.05) is 12.1 Å². The molecular formula is C19H24ClNO4. The fourth-order valence-electron chi connectivity index (χ4n) is 5.99. The number of ether oxygens (including phenoxy) is 1. The lowest BCUT2D eigenvalue weighted by Gasteiger charge is -2.63. The SMILES string of the molecule is C=CCN1CC[C@]23c4c5ccc(O)c4OC2C(O)CC[C@@]3(O)[C@H]1C5.Cl. The van der Waals surface area contributed by atoms with E-state index in [9.17, 15) is 15.3 Å². The van der Waals surface area contributed by atoms with Crippen LogP contribution < -0.4 is 4.74 Å². The molecule has 1 saturated heterocycles. The summed E-state index contributed by atoms with van der Waals surface area (Å²) in [5.74, 6) is 0.589. The van der Waals surface area contributed by atoms with Gasteiger partial charge in [0.15, 0.2) is 11.5 Å². The van der Waals surface area contributed by atoms with Crippen molar-refractivity contribution in [2.45, 2.75) is 54.9 Å². The molecule has 1 saturated carbocycles. The second kappa shape index (κ2) is 5.36. The van der Waals surface area contributed by atoms with Gasteiger partial charge in [-0.1, -0.05) is 12.1 Å². The molecule has 136 valence electrons. The fraction of sp³-hybridized carbons (Fsp3) is 0.579. The van der Waals surface area contributed by atoms with Gasteiger partial charge in [0, 0.05) is 18.2 Å². The van der Waals surface area contributed by atoms with E-state index in [2.05, 4.69) is 11.5 Å². The largest absolute Gasteiger partial charge is 0.504 e. The first-order valence-electron chi connectivity index (χ1n) is 8.80. The molecule has 3 N–H and O–H groups in total. The highest BCUT2D eigenvalue weighted by atomic mass is 35.5. The predicted molar refractivity (Wildman–Crippen MR) is 95.5 cm³/mol. The third-order valence-electron chi connectivity index (χ3n) is 6.91. The number of nitrogens with zero attached hydrogens (tertiary/aromatic N) is 1. The highest BCUT2D eigenvalue weighted by Gasteiger charge is 2.72. The van der Waals surface area contributed by atoms with Gasteiger partial charge in [0.05, 0.1) is 17.1 Å². The molecule has 1 spiro atoms. The maximum absolute atomic E-state index is 11.9. The van der Waals surface area contributed by atoms with Crippen LogP contribution in [0.2, 0.25) is 0 Å². The van der Waals surface area contributed by atoms with Crippen molar-refractivity contribution in [2.24, 2.45) is 0 Å². The standard InChI is InChI=1S/C19H23NO4.ClH/c1-2-8-20-9-7-18-15-11-3-4-12(21)16(15)24-17(18)13(22)5-6-19(18,23)14(20)10-11;/h2-4,13-14,17,21-23H,1,5-10H2;1H/t13?,14-,17?,18+,19-;/m1./s1. The first-order valence-corrected chi connectivity index (χ1v) is 8.80. The van der Waals surface area contributed by atoms with Gasteiger partial charge in [-0.3, -0.25) is 4.90 Å². The number of benzene rings is 1. The molecule has 5 nitrogen and oxygen atoms in total. The van der Waals surface area contributed by atoms with Gasteiger partial charge < -0.3 is 20.1 Å². The van der Waals surface area contributed by atoms with E-state index in [0.717, 1.165) is 37.1 Å². The summed E-state index contributed by atoms with van der Waals surface area (Å²) in [5.41, 5.74) is 0.518. The number of aromatic hydroxyl groups is 1. The van der Waals surface area contributed by atoms with Crippen molar-refractivity contribution in [1.82, 2.24) is 4.90 Å². The first-order chi connectivity index (χ1) is 11.5. The Morgan fingerprint density at radius 1 is 1.36 bits per heavy atom. The number of aliphatic hydroxyl groups excluding tert-OH is 1. The fourth-order valence-corrected chi connectivity index (χ4v) is 5.99. The number of aliphatic hydroxyl groups is 2. The number of hydrogen-bond donors (Lipinski definition) is 3. The highest BCUT2D eigenvalue weighted by Crippen LogP contribution is 2.65. The predicted octanol–water partition coefficient (Wildman–Crippen LogP) is 1.51. The summed E-state index contributed by atoms with van der Waals surface area (Å²) >= 11 is 0. The number of piperidine rings is 1. The van der Waals surface area contributed by atoms with Crippen molar-refractivity contribution in [1.29, 1.82) is 0 Å². The molecule has 4 aliphatic rings. The van der Waals surface area contributed by atoms with Gasteiger partial charge in [0.2, 0.25) is 0 Å². The molecule has 6 heteroatoms. The van der Waals surface area contributed by atoms with E-state index in [1.54, 1.807) is 6.07 Å². The van der Waals surface area contributed by atoms with Gasteiger partial charge in [-0.25, -0.2) is 0 Å². The van der Waals surface area contributed by atoms with Gasteiger partial charge >= 0.3 is 0 Å². The van der Waals surface area contributed by atoms with Crippen LogP contribution in [0, 0.1) is 0 Å². The van der Waals surface area contributed by atoms with Crippen LogP contribution in [-0.4, -0.2) is 57.2 Å². The molecule has 2 aliphatic heterocycles. The minimum atomic E-state index is -0.940. The maximum atomic E-state index is 11.9. The van der Waals surface area contributed by atoms with Crippen molar-refractivity contribution >= 4 is 12.4 Å². The summed E-state index contributed by atoms with van der Waals surface area (Å²) < 4.78 is 6.08. The number of likely N-dealkylation sites (tertiary alicyclic amines) is 1. The minimum Gasteiger partial charge on any atom is -0.504 e. The normalized spacial score (nSPS) is 40.6. The zero-order valence-corrected chi connectivity index (χ0v) is 14.8. The van der Waals surface area contributed by atoms with Crippen molar-refractivity contribution in [3.8, 4) is 11.5 Å². The average Bonchev–Trinajstić information content (AvgIpc) is 2.91. The zero-order chi connectivity index (χ0) is 16.7. The van der Waals surface area contributed by atoms with Crippen LogP contribution in [0.4, 0.5) is 0 Å². The van der Waals surface area contributed by atoms with E-state index in [1.165, 1.54) is 0 Å². The Balaban J connectivity index is 0.00000157. The lowest BCUT2D eigenvalue weighted by molar-refractivity contribution is -0.206. The molecule has 2 heterocycles. The van der Waals surface area contributed by atoms with E-state index < -0.39 is 23.2 Å². The molecule has 2 unspecified atom stereocenters. The number of halogens is 1. The molecule has 5 atom stereocenters. The molecule has 0 aromatic heterocycles. The van der Waals surface area contributed by atoms with Gasteiger partial charge in [-0.2, -0.15) is 0 Å². The Hall–Kier alpha value is -1.27. The second-order valence-corrected chi connectivity index (χ2v) is 7.74. The lowest BCUT2D eigenvalue weighted by Crippen LogP contribution is -2.77. The summed E-state index contributed by atoms with van der Waals surface area (Å²) in [6, 6.07) is 3.62. The van der Waals surface area contributed by atoms with Crippen LogP contribution >= 0.6 is 12.4 Å². The van der Waals surface area contributed by atoms with Crippen LogP contribution in [0.3, 0.4) is 0 Å². The van der Waals surface area contributed by atoms with Crippen LogP contribution in [0.25, 0.3) is 0 Å². The maximum Gasteiger partial charge on any atom is 0.165 e. The molecule has 2 fully saturated rings. The molecule has 25 heavy (non-hydrogen) atoms. The summed E-state index contributed by atoms with van der Waals surface area (Å²) in [7, 11) is 0. The van der Waals surface area contributed by atoms with E-state index in [0.29, 0.717) is 18.6 Å². The van der Waals surface area contributed by atoms with Gasteiger partial charge in [0.25, 0.3) is 0 Å². The van der Waals surface area contributed by atoms with E-state index in [4.69, 9.17) is 4.74 Å². The van der Waals surface area contributed by atoms with Gasteiger partial charge in [0.1, 0.15) is 6.10 Å². The summed E-state index contributed by atoms with van der Waals surface area (Å²) in [6.45, 7) is 5.44. The lowest BCUT2D eigenvalue weighted by atomic mass is 9.48. The Morgan fingerprint density at radius 3 is 2.92 bits per heavy atom. The topological polar surface area (TPSA) is 73.2 Å². The smallest absolute Gasteiger partial charge is 0.165 e. The first kappa shape index (κ1) is 17.2. The molecular weight excluding hydrogens is 342 g/mol. The van der Waals surface area contributed by atoms with Crippen molar-refractivity contribution in [3.63, 3.8) is 0 Å². The molecule has 1 aromatic carbocycles. The summed E-state index contributed by atoms with van der Waals surface area (Å²) in [5, 5.41) is 32.8. The Kier molecular flexibility index (Phi) is 3.68. The Labute approximate surface area is 153 Å². The molecule has 5 rings (SSSR count). The molecule has 0 radical (unpaired) electrons. The molecule has 0 amide bonds. The quantitative estimate of drug-likeness (QED) is 0.693. The van der Waals surface area contributed by atoms with Crippen LogP contribution in [0.5, 0.6) is 11.5 Å².